The van der Waals surface area contributed by atoms with E-state index in [-0.39, 0.29) is 5.56 Å². The number of hydrazine groups is 1. The molecular weight excluding hydrogens is 194 g/mol. The van der Waals surface area contributed by atoms with Crippen LogP contribution in [0, 0.1) is 0 Å². The third kappa shape index (κ3) is 1.64. The van der Waals surface area contributed by atoms with Gasteiger partial charge in [-0.1, -0.05) is 0 Å². The first-order chi connectivity index (χ1) is 7.24. The van der Waals surface area contributed by atoms with Crippen LogP contribution in [-0.2, 0) is 0 Å². The number of hydrogen-bond acceptors (Lipinski definition) is 4. The maximum atomic E-state index is 11.3. The molecule has 0 spiro atoms. The average molecular weight is 205 g/mol. The molecule has 0 saturated carbocycles. The normalized spacial score (nSPS) is 10.3. The number of fused-ring (bicyclic) bond motifs is 1. The fraction of sp³-hybridized carbons (Fsp3) is 0.100. The van der Waals surface area contributed by atoms with Gasteiger partial charge < -0.3 is 15.1 Å². The maximum absolute atomic E-state index is 11.3. The first-order valence-corrected chi connectivity index (χ1v) is 4.42. The number of aromatic nitrogens is 1. The zero-order valence-electron chi connectivity index (χ0n) is 8.20. The molecule has 2 aromatic rings. The number of methoxy groups -OCH3 is 1. The van der Waals surface area contributed by atoms with Crippen LogP contribution in [0.5, 0.6) is 5.75 Å². The van der Waals surface area contributed by atoms with Crippen molar-refractivity contribution in [2.24, 2.45) is 5.84 Å². The fourth-order valence-corrected chi connectivity index (χ4v) is 1.49. The predicted molar refractivity (Wildman–Crippen MR) is 58.9 cm³/mol. The monoisotopic (exact) mass is 205 g/mol. The summed E-state index contributed by atoms with van der Waals surface area (Å²) in [6.07, 6.45) is 0. The molecule has 0 bridgehead atoms. The van der Waals surface area contributed by atoms with Crippen LogP contribution in [0.3, 0.4) is 0 Å². The Kier molecular flexibility index (Phi) is 2.31. The van der Waals surface area contributed by atoms with E-state index >= 15 is 0 Å². The quantitative estimate of drug-likeness (QED) is 0.501. The molecule has 4 N–H and O–H groups in total. The molecule has 0 aliphatic heterocycles. The van der Waals surface area contributed by atoms with Crippen molar-refractivity contribution < 1.29 is 4.74 Å². The summed E-state index contributed by atoms with van der Waals surface area (Å²) in [6.45, 7) is 0. The van der Waals surface area contributed by atoms with E-state index in [2.05, 4.69) is 10.4 Å². The minimum absolute atomic E-state index is 0.205. The highest BCUT2D eigenvalue weighted by molar-refractivity contribution is 5.91. The van der Waals surface area contributed by atoms with E-state index in [9.17, 15) is 4.79 Å². The number of hydrogen-bond donors (Lipinski definition) is 3. The van der Waals surface area contributed by atoms with Gasteiger partial charge in [0.05, 0.1) is 18.3 Å². The fourth-order valence-electron chi connectivity index (χ4n) is 1.49. The van der Waals surface area contributed by atoms with E-state index in [1.54, 1.807) is 13.2 Å². The lowest BCUT2D eigenvalue weighted by atomic mass is 10.2. The third-order valence-electron chi connectivity index (χ3n) is 2.21. The summed E-state index contributed by atoms with van der Waals surface area (Å²) in [5.41, 5.74) is 3.57. The highest BCUT2D eigenvalue weighted by atomic mass is 16.5. The molecule has 0 fully saturated rings. The van der Waals surface area contributed by atoms with Crippen molar-refractivity contribution in [1.29, 1.82) is 0 Å². The van der Waals surface area contributed by atoms with E-state index in [1.807, 2.05) is 12.1 Å². The van der Waals surface area contributed by atoms with Crippen LogP contribution in [0.2, 0.25) is 0 Å². The van der Waals surface area contributed by atoms with E-state index in [0.717, 1.165) is 5.39 Å². The largest absolute Gasteiger partial charge is 0.497 e. The molecule has 78 valence electrons. The van der Waals surface area contributed by atoms with Gasteiger partial charge in [-0.3, -0.25) is 10.6 Å². The first-order valence-electron chi connectivity index (χ1n) is 4.42. The number of pyridine rings is 1. The molecule has 0 aliphatic carbocycles. The maximum Gasteiger partial charge on any atom is 0.250 e. The van der Waals surface area contributed by atoms with Crippen molar-refractivity contribution in [1.82, 2.24) is 4.98 Å². The number of aromatic amines is 1. The third-order valence-corrected chi connectivity index (χ3v) is 2.21. The molecule has 0 atom stereocenters. The molecular formula is C10H11N3O2. The van der Waals surface area contributed by atoms with Crippen LogP contribution in [-0.4, -0.2) is 12.1 Å². The Morgan fingerprint density at radius 2 is 2.20 bits per heavy atom. The van der Waals surface area contributed by atoms with Crippen LogP contribution >= 0.6 is 0 Å². The standard InChI is InChI=1S/C10H11N3O2/c1-15-6-2-3-7-8(4-6)12-10(14)5-9(7)13-11/h2-5H,11H2,1H3,(H2,12,13,14). The zero-order valence-corrected chi connectivity index (χ0v) is 8.20. The Morgan fingerprint density at radius 1 is 1.40 bits per heavy atom. The van der Waals surface area contributed by atoms with Crippen molar-refractivity contribution in [2.75, 3.05) is 12.5 Å². The van der Waals surface area contributed by atoms with Crippen molar-refractivity contribution in [3.63, 3.8) is 0 Å². The van der Waals surface area contributed by atoms with Crippen LogP contribution in [0.25, 0.3) is 10.9 Å². The molecule has 1 aromatic heterocycles. The van der Waals surface area contributed by atoms with Gasteiger partial charge in [-0.05, 0) is 12.1 Å². The number of rotatable bonds is 2. The Labute approximate surface area is 85.8 Å². The van der Waals surface area contributed by atoms with Crippen molar-refractivity contribution in [3.8, 4) is 5.75 Å². The summed E-state index contributed by atoms with van der Waals surface area (Å²) >= 11 is 0. The van der Waals surface area contributed by atoms with Gasteiger partial charge >= 0.3 is 0 Å². The molecule has 0 unspecified atom stereocenters. The molecule has 5 heteroatoms. The zero-order chi connectivity index (χ0) is 10.8. The van der Waals surface area contributed by atoms with Crippen molar-refractivity contribution in [2.45, 2.75) is 0 Å². The predicted octanol–water partition coefficient (Wildman–Crippen LogP) is 0.822. The van der Waals surface area contributed by atoms with Crippen LogP contribution < -0.4 is 21.6 Å². The van der Waals surface area contributed by atoms with Gasteiger partial charge in [-0.25, -0.2) is 0 Å². The van der Waals surface area contributed by atoms with E-state index in [0.29, 0.717) is 17.0 Å². The second-order valence-electron chi connectivity index (χ2n) is 3.10. The summed E-state index contributed by atoms with van der Waals surface area (Å²) < 4.78 is 5.06. The van der Waals surface area contributed by atoms with E-state index in [1.165, 1.54) is 6.07 Å². The Hall–Kier alpha value is -2.01. The van der Waals surface area contributed by atoms with Gasteiger partial charge in [-0.15, -0.1) is 0 Å². The molecule has 15 heavy (non-hydrogen) atoms. The molecule has 0 amide bonds. The SMILES string of the molecule is COc1ccc2c(NN)cc(=O)[nH]c2c1. The topological polar surface area (TPSA) is 80.1 Å². The summed E-state index contributed by atoms with van der Waals surface area (Å²) in [6, 6.07) is 6.80. The van der Waals surface area contributed by atoms with Gasteiger partial charge in [0.15, 0.2) is 0 Å². The highest BCUT2D eigenvalue weighted by Gasteiger charge is 2.03. The number of nitrogens with two attached hydrogens (primary N) is 1. The molecule has 1 aromatic carbocycles. The summed E-state index contributed by atoms with van der Waals surface area (Å²) in [5.74, 6) is 6.01. The van der Waals surface area contributed by atoms with E-state index in [4.69, 9.17) is 10.6 Å². The summed E-state index contributed by atoms with van der Waals surface area (Å²) in [7, 11) is 1.57. The lowest BCUT2D eigenvalue weighted by Gasteiger charge is -2.06. The van der Waals surface area contributed by atoms with Crippen LogP contribution in [0.4, 0.5) is 5.69 Å². The van der Waals surface area contributed by atoms with Gasteiger partial charge in [0.1, 0.15) is 5.75 Å². The molecule has 0 aliphatic rings. The molecule has 0 saturated heterocycles. The Balaban J connectivity index is 2.78. The molecule has 0 radical (unpaired) electrons. The summed E-state index contributed by atoms with van der Waals surface area (Å²) in [5, 5.41) is 0.845. The van der Waals surface area contributed by atoms with Gasteiger partial charge in [0.25, 0.3) is 5.56 Å². The number of nitrogens with one attached hydrogen (secondary N) is 2. The van der Waals surface area contributed by atoms with Crippen molar-refractivity contribution in [3.05, 3.63) is 34.6 Å². The van der Waals surface area contributed by atoms with Crippen LogP contribution in [0.15, 0.2) is 29.1 Å². The van der Waals surface area contributed by atoms with Gasteiger partial charge in [0.2, 0.25) is 0 Å². The molecule has 2 rings (SSSR count). The second kappa shape index (κ2) is 3.62. The molecule has 5 nitrogen and oxygen atoms in total. The first kappa shape index (κ1) is 9.54. The number of anilines is 1. The number of nitrogen functional groups attached to an aromatic ring is 1. The van der Waals surface area contributed by atoms with Crippen molar-refractivity contribution >= 4 is 16.6 Å². The number of H-pyrrole nitrogens is 1. The van der Waals surface area contributed by atoms with Gasteiger partial charge in [0, 0.05) is 17.5 Å². The highest BCUT2D eigenvalue weighted by Crippen LogP contribution is 2.23. The average Bonchev–Trinajstić information content (AvgIpc) is 2.26. The lowest BCUT2D eigenvalue weighted by Crippen LogP contribution is -2.12. The van der Waals surface area contributed by atoms with Crippen LogP contribution in [0.1, 0.15) is 0 Å². The minimum atomic E-state index is -0.205. The molecule has 1 heterocycles. The minimum Gasteiger partial charge on any atom is -0.497 e. The van der Waals surface area contributed by atoms with Gasteiger partial charge in [-0.2, -0.15) is 0 Å². The smallest absolute Gasteiger partial charge is 0.250 e. The second-order valence-corrected chi connectivity index (χ2v) is 3.10. The Morgan fingerprint density at radius 3 is 2.87 bits per heavy atom. The lowest BCUT2D eigenvalue weighted by molar-refractivity contribution is 0.415. The Bertz CT molecular complexity index is 548. The van der Waals surface area contributed by atoms with E-state index < -0.39 is 0 Å². The number of ether oxygens (including phenoxy) is 1. The summed E-state index contributed by atoms with van der Waals surface area (Å²) in [4.78, 5) is 14.0. The number of benzene rings is 1.